The average molecular weight is 1930 g/mol. The Bertz CT molecular complexity index is 1590. The molecule has 0 saturated carbocycles. The van der Waals surface area contributed by atoms with E-state index in [0.717, 1.165) is 112 Å². The molecule has 4 aromatic carbocycles. The summed E-state index contributed by atoms with van der Waals surface area (Å²) in [6.45, 7) is 0. The van der Waals surface area contributed by atoms with Gasteiger partial charge in [0.1, 0.15) is 12.2 Å². The molecule has 0 spiro atoms. The summed E-state index contributed by atoms with van der Waals surface area (Å²) in [7, 11) is 0. The van der Waals surface area contributed by atoms with Crippen LogP contribution in [0.15, 0.2) is 89.5 Å². The summed E-state index contributed by atoms with van der Waals surface area (Å²) in [6.07, 6.45) is -1.51. The Balaban J connectivity index is 2.28. The zero-order valence-electron chi connectivity index (χ0n) is 21.1. The first kappa shape index (κ1) is 46.1. The summed E-state index contributed by atoms with van der Waals surface area (Å²) < 4.78 is 23.4. The van der Waals surface area contributed by atoms with Crippen molar-refractivity contribution in [3.63, 3.8) is 0 Å². The first-order chi connectivity index (χ1) is 21.7. The average Bonchev–Trinajstić information content (AvgIpc) is 3.04. The van der Waals surface area contributed by atoms with E-state index in [1.54, 1.807) is 0 Å². The van der Waals surface area contributed by atoms with E-state index in [9.17, 15) is 0 Å². The molecule has 4 aromatic rings. The van der Waals surface area contributed by atoms with E-state index < -0.39 is 12.2 Å². The highest BCUT2D eigenvalue weighted by Gasteiger charge is 2.38. The van der Waals surface area contributed by atoms with Crippen LogP contribution in [-0.2, 0) is 4.74 Å². The third kappa shape index (κ3) is 8.90. The molecular formula is C26H2Br20O. The minimum absolute atomic E-state index is 0.756. The second-order valence-corrected chi connectivity index (χ2v) is 24.7. The Hall–Kier alpha value is 6.44. The van der Waals surface area contributed by atoms with Crippen molar-refractivity contribution >= 4 is 319 Å². The molecule has 0 aliphatic rings. The molecule has 0 unspecified atom stereocenters. The molecule has 0 bridgehead atoms. The molecule has 0 aromatic heterocycles. The van der Waals surface area contributed by atoms with Crippen molar-refractivity contribution in [3.8, 4) is 0 Å². The molecule has 252 valence electrons. The van der Waals surface area contributed by atoms with Crippen molar-refractivity contribution in [2.24, 2.45) is 0 Å². The smallest absolute Gasteiger partial charge is 0.113 e. The maximum Gasteiger partial charge on any atom is 0.113 e. The molecule has 0 aliphatic carbocycles. The van der Waals surface area contributed by atoms with Gasteiger partial charge in [-0.3, -0.25) is 0 Å². The fourth-order valence-corrected chi connectivity index (χ4v) is 18.1. The number of hydrogen-bond donors (Lipinski definition) is 0. The van der Waals surface area contributed by atoms with E-state index in [0.29, 0.717) is 0 Å². The van der Waals surface area contributed by atoms with E-state index in [1.165, 1.54) is 0 Å². The molecule has 4 rings (SSSR count). The predicted molar refractivity (Wildman–Crippen MR) is 265 cm³/mol. The van der Waals surface area contributed by atoms with Crippen molar-refractivity contribution in [2.75, 3.05) is 0 Å². The van der Waals surface area contributed by atoms with Gasteiger partial charge in [-0.25, -0.2) is 0 Å². The SMILES string of the molecule is Brc1c(Br)c(Br)c(C(OC(c2c(Br)c(Br)c(Br)c(Br)c2Br)c2c(Br)c(Br)c(Br)c(Br)c2Br)c2c(Br)c(Br)c(Br)c(Br)c2Br)c(Br)c1Br. The summed E-state index contributed by atoms with van der Waals surface area (Å²) in [5.74, 6) is 0. The number of halogens is 20. The first-order valence-corrected chi connectivity index (χ1v) is 27.3. The molecular weight excluding hydrogens is 1930 g/mol. The number of ether oxygens (including phenoxy) is 1. The Kier molecular flexibility index (Phi) is 18.7. The summed E-state index contributed by atoms with van der Waals surface area (Å²) in [5, 5.41) is 0. The van der Waals surface area contributed by atoms with Gasteiger partial charge in [-0.2, -0.15) is 0 Å². The van der Waals surface area contributed by atoms with Gasteiger partial charge < -0.3 is 4.74 Å². The third-order valence-corrected chi connectivity index (χ3v) is 30.9. The van der Waals surface area contributed by atoms with Gasteiger partial charge in [0.2, 0.25) is 0 Å². The minimum atomic E-state index is -0.756. The van der Waals surface area contributed by atoms with Crippen LogP contribution in [0.4, 0.5) is 0 Å². The van der Waals surface area contributed by atoms with Crippen LogP contribution in [-0.4, -0.2) is 0 Å². The fourth-order valence-electron chi connectivity index (χ4n) is 4.11. The molecule has 47 heavy (non-hydrogen) atoms. The van der Waals surface area contributed by atoms with Gasteiger partial charge in [-0.05, 0) is 319 Å². The second-order valence-electron chi connectivity index (χ2n) is 8.83. The van der Waals surface area contributed by atoms with Crippen molar-refractivity contribution in [1.82, 2.24) is 0 Å². The maximum atomic E-state index is 7.57. The predicted octanol–water partition coefficient (Wildman–Crippen LogP) is 21.8. The standard InChI is InChI=1S/C26H2Br20O/c27-5-1(6(28)14(36)21(43)13(5)35)25(2-7(29)15(37)22(44)16(38)8(2)30)47-26(3-9(31)17(39)23(45)18(40)10(3)32)4-11(33)19(41)24(46)20(42)12(4)34/h25-26H. The van der Waals surface area contributed by atoms with Crippen LogP contribution in [0.1, 0.15) is 34.5 Å². The van der Waals surface area contributed by atoms with Gasteiger partial charge in [0, 0.05) is 112 Å². The first-order valence-electron chi connectivity index (χ1n) is 11.4. The monoisotopic (exact) mass is 1910 g/mol. The van der Waals surface area contributed by atoms with Gasteiger partial charge in [-0.15, -0.1) is 0 Å². The van der Waals surface area contributed by atoms with Gasteiger partial charge in [-0.1, -0.05) is 0 Å². The van der Waals surface area contributed by atoms with Crippen molar-refractivity contribution in [3.05, 3.63) is 112 Å². The van der Waals surface area contributed by atoms with E-state index in [1.807, 2.05) is 0 Å². The normalized spacial score (nSPS) is 11.9. The zero-order chi connectivity index (χ0) is 35.7. The third-order valence-electron chi connectivity index (χ3n) is 6.30. The topological polar surface area (TPSA) is 9.23 Å². The lowest BCUT2D eigenvalue weighted by Crippen LogP contribution is -2.18. The Labute approximate surface area is 438 Å². The molecule has 0 heterocycles. The number of benzene rings is 4. The molecule has 0 amide bonds. The van der Waals surface area contributed by atoms with E-state index in [-0.39, 0.29) is 0 Å². The van der Waals surface area contributed by atoms with Crippen LogP contribution in [0, 0.1) is 0 Å². The zero-order valence-corrected chi connectivity index (χ0v) is 52.8. The molecule has 0 radical (unpaired) electrons. The number of hydrogen-bond acceptors (Lipinski definition) is 1. The highest BCUT2D eigenvalue weighted by molar-refractivity contribution is 9.18. The molecule has 0 saturated heterocycles. The lowest BCUT2D eigenvalue weighted by Gasteiger charge is -2.33. The summed E-state index contributed by atoms with van der Waals surface area (Å²) in [4.78, 5) is 0. The number of rotatable bonds is 6. The van der Waals surface area contributed by atoms with Crippen LogP contribution in [0.25, 0.3) is 0 Å². The van der Waals surface area contributed by atoms with E-state index in [4.69, 9.17) is 4.74 Å². The summed E-state index contributed by atoms with van der Waals surface area (Å²) >= 11 is 76.1. The van der Waals surface area contributed by atoms with E-state index >= 15 is 0 Å². The maximum absolute atomic E-state index is 7.57. The van der Waals surface area contributed by atoms with Crippen LogP contribution < -0.4 is 0 Å². The highest BCUT2D eigenvalue weighted by Crippen LogP contribution is 2.59. The lowest BCUT2D eigenvalue weighted by atomic mass is 9.97. The molecule has 21 heteroatoms. The Morgan fingerprint density at radius 2 is 0.298 bits per heavy atom. The van der Waals surface area contributed by atoms with Gasteiger partial charge in [0.05, 0.1) is 0 Å². The molecule has 0 N–H and O–H groups in total. The van der Waals surface area contributed by atoms with E-state index in [2.05, 4.69) is 319 Å². The second kappa shape index (κ2) is 19.0. The molecule has 0 fully saturated rings. The molecule has 0 aliphatic heterocycles. The summed E-state index contributed by atoms with van der Waals surface area (Å²) in [5.41, 5.74) is 3.18. The van der Waals surface area contributed by atoms with Gasteiger partial charge in [0.25, 0.3) is 0 Å². The molecule has 1 nitrogen and oxygen atoms in total. The van der Waals surface area contributed by atoms with Gasteiger partial charge >= 0.3 is 0 Å². The lowest BCUT2D eigenvalue weighted by molar-refractivity contribution is 0.0274. The van der Waals surface area contributed by atoms with Crippen molar-refractivity contribution in [1.29, 1.82) is 0 Å². The van der Waals surface area contributed by atoms with Crippen LogP contribution in [0.3, 0.4) is 0 Å². The van der Waals surface area contributed by atoms with Crippen molar-refractivity contribution < 1.29 is 4.74 Å². The fraction of sp³-hybridized carbons (Fsp3) is 0.0769. The van der Waals surface area contributed by atoms with Crippen LogP contribution >= 0.6 is 319 Å². The molecule has 0 atom stereocenters. The Morgan fingerprint density at radius 1 is 0.191 bits per heavy atom. The largest absolute Gasteiger partial charge is 0.356 e. The van der Waals surface area contributed by atoms with Crippen LogP contribution in [0.2, 0.25) is 0 Å². The van der Waals surface area contributed by atoms with Crippen molar-refractivity contribution in [2.45, 2.75) is 12.2 Å². The summed E-state index contributed by atoms with van der Waals surface area (Å²) in [6, 6.07) is 0. The van der Waals surface area contributed by atoms with Gasteiger partial charge in [0.15, 0.2) is 0 Å². The highest BCUT2D eigenvalue weighted by atomic mass is 79.9. The Morgan fingerprint density at radius 3 is 0.426 bits per heavy atom. The van der Waals surface area contributed by atoms with Crippen LogP contribution in [0.5, 0.6) is 0 Å². The minimum Gasteiger partial charge on any atom is -0.356 e. The quantitative estimate of drug-likeness (QED) is 0.138.